The van der Waals surface area contributed by atoms with Crippen LogP contribution < -0.4 is 4.74 Å². The molecule has 7 heteroatoms. The number of hydrogen-bond acceptors (Lipinski definition) is 7. The summed E-state index contributed by atoms with van der Waals surface area (Å²) in [4.78, 5) is 24.2. The second-order valence-electron chi connectivity index (χ2n) is 7.14. The molecule has 2 atom stereocenters. The van der Waals surface area contributed by atoms with Crippen molar-refractivity contribution >= 4 is 11.8 Å². The third kappa shape index (κ3) is 5.46. The molecule has 2 aromatic rings. The van der Waals surface area contributed by atoms with Gasteiger partial charge in [0.15, 0.2) is 5.78 Å². The first kappa shape index (κ1) is 21.5. The summed E-state index contributed by atoms with van der Waals surface area (Å²) in [6.07, 6.45) is -0.745. The molecule has 158 valence electrons. The lowest BCUT2D eigenvalue weighted by atomic mass is 9.97. The van der Waals surface area contributed by atoms with Crippen LogP contribution in [0.4, 0.5) is 0 Å². The minimum atomic E-state index is -1.06. The van der Waals surface area contributed by atoms with E-state index in [2.05, 4.69) is 6.58 Å². The van der Waals surface area contributed by atoms with Crippen molar-refractivity contribution in [1.82, 2.24) is 0 Å². The largest absolute Gasteiger partial charge is 0.507 e. The van der Waals surface area contributed by atoms with Crippen LogP contribution in [0.3, 0.4) is 0 Å². The molecule has 0 spiro atoms. The monoisotopic (exact) mass is 412 g/mol. The number of rotatable bonds is 10. The van der Waals surface area contributed by atoms with Gasteiger partial charge in [-0.3, -0.25) is 4.79 Å². The van der Waals surface area contributed by atoms with Crippen LogP contribution in [0.5, 0.6) is 11.5 Å². The fraction of sp³-hybridized carbons (Fsp3) is 0.304. The van der Waals surface area contributed by atoms with Crippen LogP contribution in [0, 0.1) is 0 Å². The average Bonchev–Trinajstić information content (AvgIpc) is 3.56. The van der Waals surface area contributed by atoms with Crippen molar-refractivity contribution in [2.45, 2.75) is 25.6 Å². The molecule has 0 bridgehead atoms. The first-order valence-electron chi connectivity index (χ1n) is 9.56. The molecule has 1 aliphatic heterocycles. The molecule has 2 aromatic carbocycles. The highest BCUT2D eigenvalue weighted by molar-refractivity contribution is 6.11. The van der Waals surface area contributed by atoms with Gasteiger partial charge in [0.25, 0.3) is 0 Å². The third-order valence-corrected chi connectivity index (χ3v) is 4.54. The van der Waals surface area contributed by atoms with Crippen LogP contribution in [0.2, 0.25) is 0 Å². The summed E-state index contributed by atoms with van der Waals surface area (Å²) in [5.74, 6) is -0.732. The molecule has 1 heterocycles. The molecule has 2 N–H and O–H groups in total. The topological polar surface area (TPSA) is 106 Å². The van der Waals surface area contributed by atoms with Crippen molar-refractivity contribution < 1.29 is 34.0 Å². The van der Waals surface area contributed by atoms with E-state index in [1.807, 2.05) is 6.07 Å². The lowest BCUT2D eigenvalue weighted by molar-refractivity contribution is -0.142. The highest BCUT2D eigenvalue weighted by atomic mass is 16.6. The van der Waals surface area contributed by atoms with Crippen molar-refractivity contribution in [1.29, 1.82) is 0 Å². The Morgan fingerprint density at radius 2 is 1.90 bits per heavy atom. The number of phenols is 1. The summed E-state index contributed by atoms with van der Waals surface area (Å²) in [6.45, 7) is 5.14. The summed E-state index contributed by atoms with van der Waals surface area (Å²) in [6, 6.07) is 11.7. The van der Waals surface area contributed by atoms with Gasteiger partial charge in [-0.25, -0.2) is 4.79 Å². The van der Waals surface area contributed by atoms with Gasteiger partial charge >= 0.3 is 5.97 Å². The maximum absolute atomic E-state index is 12.8. The zero-order valence-electron chi connectivity index (χ0n) is 16.7. The van der Waals surface area contributed by atoms with Crippen molar-refractivity contribution in [3.05, 3.63) is 71.3 Å². The zero-order chi connectivity index (χ0) is 21.7. The summed E-state index contributed by atoms with van der Waals surface area (Å²) < 4.78 is 15.8. The van der Waals surface area contributed by atoms with E-state index in [-0.39, 0.29) is 42.0 Å². The lowest BCUT2D eigenvalue weighted by Crippen LogP contribution is -2.25. The number of ether oxygens (including phenoxy) is 3. The van der Waals surface area contributed by atoms with E-state index in [0.29, 0.717) is 29.9 Å². The Morgan fingerprint density at radius 3 is 2.53 bits per heavy atom. The quantitative estimate of drug-likeness (QED) is 0.267. The van der Waals surface area contributed by atoms with Crippen LogP contribution in [0.15, 0.2) is 54.6 Å². The van der Waals surface area contributed by atoms with Crippen molar-refractivity contribution in [3.63, 3.8) is 0 Å². The summed E-state index contributed by atoms with van der Waals surface area (Å²) in [5, 5.41) is 20.8. The Morgan fingerprint density at radius 1 is 1.20 bits per heavy atom. The van der Waals surface area contributed by atoms with Crippen molar-refractivity contribution in [3.8, 4) is 11.5 Å². The maximum atomic E-state index is 12.8. The number of carbonyl (C=O) groups is 2. The Balaban J connectivity index is 1.74. The van der Waals surface area contributed by atoms with E-state index in [4.69, 9.17) is 14.2 Å². The van der Waals surface area contributed by atoms with Gasteiger partial charge in [-0.2, -0.15) is 0 Å². The predicted octanol–water partition coefficient (Wildman–Crippen LogP) is 2.42. The molecule has 0 saturated carbocycles. The number of ketones is 1. The fourth-order valence-electron chi connectivity index (χ4n) is 2.82. The number of aliphatic hydroxyl groups is 1. The first-order chi connectivity index (χ1) is 14.4. The Labute approximate surface area is 174 Å². The molecule has 0 aliphatic carbocycles. The van der Waals surface area contributed by atoms with Crippen molar-refractivity contribution in [2.75, 3.05) is 19.8 Å². The number of aromatic hydroxyl groups is 1. The highest BCUT2D eigenvalue weighted by Gasteiger charge is 2.28. The van der Waals surface area contributed by atoms with E-state index < -0.39 is 12.1 Å². The third-order valence-electron chi connectivity index (χ3n) is 4.54. The van der Waals surface area contributed by atoms with Gasteiger partial charge in [0.05, 0.1) is 18.3 Å². The molecule has 1 aliphatic rings. The molecule has 7 nitrogen and oxygen atoms in total. The fourth-order valence-corrected chi connectivity index (χ4v) is 2.82. The predicted molar refractivity (Wildman–Crippen MR) is 109 cm³/mol. The van der Waals surface area contributed by atoms with Gasteiger partial charge in [0.1, 0.15) is 30.8 Å². The summed E-state index contributed by atoms with van der Waals surface area (Å²) >= 11 is 0. The number of esters is 1. The molecule has 30 heavy (non-hydrogen) atoms. The van der Waals surface area contributed by atoms with Gasteiger partial charge in [-0.05, 0) is 19.1 Å². The lowest BCUT2D eigenvalue weighted by Gasteiger charge is -2.17. The Bertz CT molecular complexity index is 932. The van der Waals surface area contributed by atoms with E-state index in [1.165, 1.54) is 13.0 Å². The van der Waals surface area contributed by atoms with Crippen molar-refractivity contribution in [2.24, 2.45) is 0 Å². The minimum Gasteiger partial charge on any atom is -0.507 e. The number of hydrogen-bond donors (Lipinski definition) is 2. The molecule has 0 aromatic heterocycles. The Hall–Kier alpha value is -3.16. The minimum absolute atomic E-state index is 0.0539. The molecular formula is C23H24O7. The van der Waals surface area contributed by atoms with Gasteiger partial charge in [-0.15, -0.1) is 0 Å². The maximum Gasteiger partial charge on any atom is 0.333 e. The standard InChI is InChI=1S/C23H24O7/c1-14(2)23(27)30-12-16(24)11-29-20-9-8-18(21(25)15-6-4-3-5-7-15)22(26)19(20)10-17-13-28-17/h3-9,16-17,24,26H,1,10-13H2,2H3. The van der Waals surface area contributed by atoms with Gasteiger partial charge < -0.3 is 24.4 Å². The molecule has 2 unspecified atom stereocenters. The van der Waals surface area contributed by atoms with Gasteiger partial charge in [-0.1, -0.05) is 36.9 Å². The van der Waals surface area contributed by atoms with Crippen LogP contribution in [-0.2, 0) is 20.7 Å². The van der Waals surface area contributed by atoms with Crippen LogP contribution >= 0.6 is 0 Å². The molecule has 3 rings (SSSR count). The van der Waals surface area contributed by atoms with Gasteiger partial charge in [0.2, 0.25) is 0 Å². The van der Waals surface area contributed by atoms with Gasteiger partial charge in [0, 0.05) is 23.1 Å². The molecular weight excluding hydrogens is 388 g/mol. The normalized spacial score (nSPS) is 15.9. The molecule has 0 amide bonds. The number of aliphatic hydroxyl groups excluding tert-OH is 1. The highest BCUT2D eigenvalue weighted by Crippen LogP contribution is 2.36. The Kier molecular flexibility index (Phi) is 6.87. The average molecular weight is 412 g/mol. The second kappa shape index (κ2) is 9.56. The van der Waals surface area contributed by atoms with E-state index >= 15 is 0 Å². The number of phenolic OH excluding ortho intramolecular Hbond substituents is 1. The summed E-state index contributed by atoms with van der Waals surface area (Å²) in [7, 11) is 0. The van der Waals surface area contributed by atoms with Crippen LogP contribution in [-0.4, -0.2) is 54.0 Å². The smallest absolute Gasteiger partial charge is 0.333 e. The second-order valence-corrected chi connectivity index (χ2v) is 7.14. The van der Waals surface area contributed by atoms with E-state index in [1.54, 1.807) is 30.3 Å². The van der Waals surface area contributed by atoms with Crippen LogP contribution in [0.1, 0.15) is 28.4 Å². The first-order valence-corrected chi connectivity index (χ1v) is 9.56. The molecule has 1 saturated heterocycles. The molecule has 0 radical (unpaired) electrons. The number of carbonyl (C=O) groups excluding carboxylic acids is 2. The summed E-state index contributed by atoms with van der Waals surface area (Å²) in [5.41, 5.74) is 1.30. The molecule has 1 fully saturated rings. The number of epoxide rings is 1. The SMILES string of the molecule is C=C(C)C(=O)OCC(O)COc1ccc(C(=O)c2ccccc2)c(O)c1CC1CO1. The van der Waals surface area contributed by atoms with E-state index in [0.717, 1.165) is 0 Å². The zero-order valence-corrected chi connectivity index (χ0v) is 16.7. The van der Waals surface area contributed by atoms with E-state index in [9.17, 15) is 19.8 Å². The number of benzene rings is 2. The van der Waals surface area contributed by atoms with Crippen LogP contribution in [0.25, 0.3) is 0 Å².